The highest BCUT2D eigenvalue weighted by molar-refractivity contribution is 7.10. The molecular weight excluding hydrogens is 274 g/mol. The van der Waals surface area contributed by atoms with Crippen LogP contribution in [-0.4, -0.2) is 35.0 Å². The van der Waals surface area contributed by atoms with Crippen LogP contribution in [0.3, 0.4) is 0 Å². The van der Waals surface area contributed by atoms with Crippen molar-refractivity contribution in [3.63, 3.8) is 0 Å². The van der Waals surface area contributed by atoms with Crippen LogP contribution in [0.1, 0.15) is 41.1 Å². The number of nitrogens with zero attached hydrogens (tertiary/aromatic N) is 1. The average molecular weight is 295 g/mol. The number of rotatable bonds is 3. The van der Waals surface area contributed by atoms with Gasteiger partial charge in [0.2, 0.25) is 0 Å². The second kappa shape index (κ2) is 5.20. The van der Waals surface area contributed by atoms with Gasteiger partial charge in [-0.25, -0.2) is 0 Å². The standard InChI is InChI=1S/C15H21NO3S/c1-9(2)15(14(18)19)5-6-16(8-15)13(17)12-7-20-11(4)10(12)3/h7,9H,5-6,8H2,1-4H3,(H,18,19). The Kier molecular flexibility index (Phi) is 3.91. The fraction of sp³-hybridized carbons (Fsp3) is 0.600. The monoisotopic (exact) mass is 295 g/mol. The molecule has 4 nitrogen and oxygen atoms in total. The van der Waals surface area contributed by atoms with E-state index in [1.165, 1.54) is 0 Å². The molecule has 1 fully saturated rings. The Hall–Kier alpha value is -1.36. The van der Waals surface area contributed by atoms with Crippen LogP contribution in [0.25, 0.3) is 0 Å². The minimum Gasteiger partial charge on any atom is -0.481 e. The van der Waals surface area contributed by atoms with Gasteiger partial charge in [-0.15, -0.1) is 11.3 Å². The second-order valence-corrected chi connectivity index (χ2v) is 7.01. The van der Waals surface area contributed by atoms with Crippen LogP contribution in [-0.2, 0) is 4.79 Å². The zero-order chi connectivity index (χ0) is 15.1. The van der Waals surface area contributed by atoms with Crippen molar-refractivity contribution in [3.05, 3.63) is 21.4 Å². The van der Waals surface area contributed by atoms with Gasteiger partial charge >= 0.3 is 5.97 Å². The Morgan fingerprint density at radius 1 is 1.40 bits per heavy atom. The van der Waals surface area contributed by atoms with Crippen molar-refractivity contribution in [1.82, 2.24) is 4.90 Å². The van der Waals surface area contributed by atoms with E-state index in [-0.39, 0.29) is 11.8 Å². The van der Waals surface area contributed by atoms with Crippen LogP contribution in [0, 0.1) is 25.2 Å². The van der Waals surface area contributed by atoms with Gasteiger partial charge in [0.1, 0.15) is 0 Å². The molecule has 1 amide bonds. The molecule has 0 bridgehead atoms. The van der Waals surface area contributed by atoms with E-state index in [9.17, 15) is 14.7 Å². The molecule has 2 rings (SSSR count). The molecule has 1 N–H and O–H groups in total. The lowest BCUT2D eigenvalue weighted by molar-refractivity contribution is -0.150. The largest absolute Gasteiger partial charge is 0.481 e. The molecule has 2 heterocycles. The van der Waals surface area contributed by atoms with Crippen LogP contribution >= 0.6 is 11.3 Å². The van der Waals surface area contributed by atoms with E-state index in [1.54, 1.807) is 16.2 Å². The van der Waals surface area contributed by atoms with Gasteiger partial charge in [0, 0.05) is 23.3 Å². The molecule has 1 aliphatic rings. The number of carboxylic acid groups (broad SMARTS) is 1. The van der Waals surface area contributed by atoms with E-state index >= 15 is 0 Å². The van der Waals surface area contributed by atoms with Crippen molar-refractivity contribution in [2.24, 2.45) is 11.3 Å². The maximum absolute atomic E-state index is 12.6. The molecule has 110 valence electrons. The number of thiophene rings is 1. The number of hydrogen-bond acceptors (Lipinski definition) is 3. The van der Waals surface area contributed by atoms with Crippen molar-refractivity contribution in [3.8, 4) is 0 Å². The second-order valence-electron chi connectivity index (χ2n) is 5.92. The van der Waals surface area contributed by atoms with Crippen LogP contribution in [0.15, 0.2) is 5.38 Å². The number of aliphatic carboxylic acids is 1. The summed E-state index contributed by atoms with van der Waals surface area (Å²) >= 11 is 1.57. The lowest BCUT2D eigenvalue weighted by Crippen LogP contribution is -2.40. The van der Waals surface area contributed by atoms with Crippen LogP contribution < -0.4 is 0 Å². The van der Waals surface area contributed by atoms with Gasteiger partial charge in [0.15, 0.2) is 0 Å². The Morgan fingerprint density at radius 3 is 2.45 bits per heavy atom. The Bertz CT molecular complexity index is 549. The number of aryl methyl sites for hydroxylation is 1. The summed E-state index contributed by atoms with van der Waals surface area (Å²) in [6.45, 7) is 8.62. The molecule has 0 aromatic carbocycles. The number of hydrogen-bond donors (Lipinski definition) is 1. The normalized spacial score (nSPS) is 22.6. The van der Waals surface area contributed by atoms with Crippen molar-refractivity contribution >= 4 is 23.2 Å². The minimum absolute atomic E-state index is 0.0168. The highest BCUT2D eigenvalue weighted by Gasteiger charge is 2.48. The van der Waals surface area contributed by atoms with E-state index in [0.29, 0.717) is 19.5 Å². The summed E-state index contributed by atoms with van der Waals surface area (Å²) in [5.41, 5.74) is 0.934. The van der Waals surface area contributed by atoms with Gasteiger partial charge in [-0.05, 0) is 31.7 Å². The van der Waals surface area contributed by atoms with E-state index in [0.717, 1.165) is 16.0 Å². The van der Waals surface area contributed by atoms with Crippen molar-refractivity contribution in [2.75, 3.05) is 13.1 Å². The Balaban J connectivity index is 2.23. The Labute approximate surface area is 123 Å². The SMILES string of the molecule is Cc1scc(C(=O)N2CCC(C(=O)O)(C(C)C)C2)c1C. The molecule has 0 spiro atoms. The zero-order valence-corrected chi connectivity index (χ0v) is 13.2. The smallest absolute Gasteiger partial charge is 0.311 e. The van der Waals surface area contributed by atoms with Gasteiger partial charge in [-0.3, -0.25) is 9.59 Å². The third kappa shape index (κ3) is 2.24. The topological polar surface area (TPSA) is 57.6 Å². The fourth-order valence-electron chi connectivity index (χ4n) is 2.79. The predicted molar refractivity (Wildman–Crippen MR) is 79.2 cm³/mol. The molecule has 5 heteroatoms. The molecule has 1 unspecified atom stereocenters. The van der Waals surface area contributed by atoms with Crippen LogP contribution in [0.4, 0.5) is 0 Å². The summed E-state index contributed by atoms with van der Waals surface area (Å²) in [5.74, 6) is -0.806. The summed E-state index contributed by atoms with van der Waals surface area (Å²) in [6, 6.07) is 0. The zero-order valence-electron chi connectivity index (χ0n) is 12.4. The van der Waals surface area contributed by atoms with Crippen LogP contribution in [0.5, 0.6) is 0 Å². The van der Waals surface area contributed by atoms with E-state index in [2.05, 4.69) is 0 Å². The van der Waals surface area contributed by atoms with Gasteiger partial charge in [0.25, 0.3) is 5.91 Å². The van der Waals surface area contributed by atoms with Gasteiger partial charge in [-0.2, -0.15) is 0 Å². The summed E-state index contributed by atoms with van der Waals surface area (Å²) in [6.07, 6.45) is 0.536. The summed E-state index contributed by atoms with van der Waals surface area (Å²) in [5, 5.41) is 11.4. The lowest BCUT2D eigenvalue weighted by atomic mass is 9.76. The van der Waals surface area contributed by atoms with Crippen molar-refractivity contribution in [1.29, 1.82) is 0 Å². The maximum Gasteiger partial charge on any atom is 0.311 e. The van der Waals surface area contributed by atoms with E-state index < -0.39 is 11.4 Å². The summed E-state index contributed by atoms with van der Waals surface area (Å²) in [4.78, 5) is 27.0. The number of amides is 1. The first-order chi connectivity index (χ1) is 9.29. The van der Waals surface area contributed by atoms with Gasteiger partial charge in [0.05, 0.1) is 11.0 Å². The first kappa shape index (κ1) is 15.0. The van der Waals surface area contributed by atoms with Gasteiger partial charge < -0.3 is 10.0 Å². The molecule has 0 radical (unpaired) electrons. The highest BCUT2D eigenvalue weighted by atomic mass is 32.1. The predicted octanol–water partition coefficient (Wildman–Crippen LogP) is 2.94. The van der Waals surface area contributed by atoms with E-state index in [1.807, 2.05) is 33.1 Å². The first-order valence-electron chi connectivity index (χ1n) is 6.87. The lowest BCUT2D eigenvalue weighted by Gasteiger charge is -2.28. The summed E-state index contributed by atoms with van der Waals surface area (Å²) < 4.78 is 0. The third-order valence-electron chi connectivity index (χ3n) is 4.64. The van der Waals surface area contributed by atoms with Crippen molar-refractivity contribution in [2.45, 2.75) is 34.1 Å². The van der Waals surface area contributed by atoms with Crippen LogP contribution in [0.2, 0.25) is 0 Å². The maximum atomic E-state index is 12.6. The molecule has 1 aromatic rings. The quantitative estimate of drug-likeness (QED) is 0.932. The fourth-order valence-corrected chi connectivity index (χ4v) is 3.65. The molecule has 1 aromatic heterocycles. The molecule has 1 atom stereocenters. The molecular formula is C15H21NO3S. The Morgan fingerprint density at radius 2 is 2.05 bits per heavy atom. The number of carbonyl (C=O) groups excluding carboxylic acids is 1. The summed E-state index contributed by atoms with van der Waals surface area (Å²) in [7, 11) is 0. The van der Waals surface area contributed by atoms with Crippen molar-refractivity contribution < 1.29 is 14.7 Å². The molecule has 1 saturated heterocycles. The highest BCUT2D eigenvalue weighted by Crippen LogP contribution is 2.39. The third-order valence-corrected chi connectivity index (χ3v) is 5.65. The molecule has 0 saturated carbocycles. The molecule has 20 heavy (non-hydrogen) atoms. The number of likely N-dealkylation sites (tertiary alicyclic amines) is 1. The van der Waals surface area contributed by atoms with Gasteiger partial charge in [-0.1, -0.05) is 13.8 Å². The van der Waals surface area contributed by atoms with E-state index in [4.69, 9.17) is 0 Å². The number of carbonyl (C=O) groups is 2. The number of carboxylic acids is 1. The average Bonchev–Trinajstić information content (AvgIpc) is 2.96. The minimum atomic E-state index is -0.797. The first-order valence-corrected chi connectivity index (χ1v) is 7.75. The molecule has 0 aliphatic carbocycles. The molecule has 1 aliphatic heterocycles.